The minimum atomic E-state index is -2.44. The van der Waals surface area contributed by atoms with E-state index in [1.54, 1.807) is 3.58 Å². The molecule has 0 saturated heterocycles. The summed E-state index contributed by atoms with van der Waals surface area (Å²) in [6.45, 7) is 7.07. The standard InChI is InChI=1S/C12H8Br.3C4H9.Sn/c13-12-9-5-4-8-11(12)10-6-2-1-3-7-10;3*1-3-4-2;/h1-6,8-9H;3*1,3-4H2,2H3;. The third kappa shape index (κ3) is 5.61. The Kier molecular flexibility index (Phi) is 9.77. The molecule has 0 aromatic heterocycles. The molecule has 0 saturated carbocycles. The van der Waals surface area contributed by atoms with E-state index in [4.69, 9.17) is 0 Å². The van der Waals surface area contributed by atoms with Gasteiger partial charge in [0.05, 0.1) is 0 Å². The quantitative estimate of drug-likeness (QED) is 0.261. The fourth-order valence-corrected chi connectivity index (χ4v) is 21.5. The van der Waals surface area contributed by atoms with Gasteiger partial charge in [0.2, 0.25) is 0 Å². The van der Waals surface area contributed by atoms with Gasteiger partial charge in [-0.1, -0.05) is 0 Å². The number of benzene rings is 2. The van der Waals surface area contributed by atoms with Gasteiger partial charge in [-0.25, -0.2) is 0 Å². The van der Waals surface area contributed by atoms with E-state index in [0.29, 0.717) is 0 Å². The van der Waals surface area contributed by atoms with Crippen LogP contribution in [0.5, 0.6) is 0 Å². The molecule has 0 aliphatic carbocycles. The SMILES string of the molecule is CCC[CH2][Sn]([CH2]CCC)([CH2]CCC)[c]1ccccc1-c1ccccc1Br. The van der Waals surface area contributed by atoms with Crippen molar-refractivity contribution in [3.63, 3.8) is 0 Å². The molecule has 0 aliphatic heterocycles. The van der Waals surface area contributed by atoms with Gasteiger partial charge in [0.1, 0.15) is 0 Å². The molecule has 2 rings (SSSR count). The van der Waals surface area contributed by atoms with Crippen molar-refractivity contribution in [2.24, 2.45) is 0 Å². The number of rotatable bonds is 11. The third-order valence-corrected chi connectivity index (χ3v) is 22.1. The molecule has 0 bridgehead atoms. The van der Waals surface area contributed by atoms with Crippen molar-refractivity contribution >= 4 is 37.9 Å². The maximum absolute atomic E-state index is 3.82. The van der Waals surface area contributed by atoms with Crippen LogP contribution in [0, 0.1) is 0 Å². The average molecular weight is 522 g/mol. The number of unbranched alkanes of at least 4 members (excludes halogenated alkanes) is 3. The van der Waals surface area contributed by atoms with Crippen LogP contribution in [0.25, 0.3) is 11.1 Å². The van der Waals surface area contributed by atoms with Crippen LogP contribution < -0.4 is 3.58 Å². The second kappa shape index (κ2) is 11.5. The van der Waals surface area contributed by atoms with Crippen molar-refractivity contribution in [2.45, 2.75) is 72.6 Å². The Balaban J connectivity index is 2.57. The zero-order chi connectivity index (χ0) is 18.8. The van der Waals surface area contributed by atoms with E-state index in [1.807, 2.05) is 0 Å². The Hall–Kier alpha value is -0.281. The summed E-state index contributed by atoms with van der Waals surface area (Å²) in [4.78, 5) is 0. The van der Waals surface area contributed by atoms with Gasteiger partial charge in [0.25, 0.3) is 0 Å². The number of hydrogen-bond acceptors (Lipinski definition) is 0. The molecule has 0 heterocycles. The van der Waals surface area contributed by atoms with Crippen LogP contribution in [0.2, 0.25) is 13.3 Å². The Morgan fingerprint density at radius 1 is 0.654 bits per heavy atom. The summed E-state index contributed by atoms with van der Waals surface area (Å²) >= 11 is 1.38. The van der Waals surface area contributed by atoms with Gasteiger partial charge in [0.15, 0.2) is 0 Å². The normalized spacial score (nSPS) is 11.7. The Morgan fingerprint density at radius 2 is 1.12 bits per heavy atom. The molecule has 142 valence electrons. The van der Waals surface area contributed by atoms with Crippen molar-refractivity contribution in [3.8, 4) is 11.1 Å². The van der Waals surface area contributed by atoms with E-state index in [0.717, 1.165) is 0 Å². The molecule has 0 atom stereocenters. The van der Waals surface area contributed by atoms with Gasteiger partial charge in [-0.05, 0) is 0 Å². The Bertz CT molecular complexity index is 643. The van der Waals surface area contributed by atoms with Gasteiger partial charge in [-0.3, -0.25) is 0 Å². The van der Waals surface area contributed by atoms with Crippen LogP contribution in [0.3, 0.4) is 0 Å². The first-order valence-electron chi connectivity index (χ1n) is 10.5. The second-order valence-corrected chi connectivity index (χ2v) is 21.6. The zero-order valence-corrected chi connectivity index (χ0v) is 21.3. The van der Waals surface area contributed by atoms with Gasteiger partial charge in [-0.15, -0.1) is 0 Å². The fraction of sp³-hybridized carbons (Fsp3) is 0.500. The van der Waals surface area contributed by atoms with Crippen molar-refractivity contribution in [2.75, 3.05) is 0 Å². The zero-order valence-electron chi connectivity index (χ0n) is 16.9. The molecule has 2 aromatic rings. The number of hydrogen-bond donors (Lipinski definition) is 0. The molecule has 26 heavy (non-hydrogen) atoms. The van der Waals surface area contributed by atoms with Crippen molar-refractivity contribution < 1.29 is 0 Å². The molecular weight excluding hydrogens is 487 g/mol. The summed E-state index contributed by atoms with van der Waals surface area (Å²) in [6.07, 6.45) is 8.21. The van der Waals surface area contributed by atoms with E-state index >= 15 is 0 Å². The Morgan fingerprint density at radius 3 is 1.62 bits per heavy atom. The monoisotopic (exact) mass is 522 g/mol. The first-order chi connectivity index (χ1) is 12.7. The molecule has 0 aliphatic rings. The summed E-state index contributed by atoms with van der Waals surface area (Å²) in [5, 5.41) is 0. The molecular formula is C24H35BrSn. The summed E-state index contributed by atoms with van der Waals surface area (Å²) in [5.74, 6) is 0. The van der Waals surface area contributed by atoms with Crippen molar-refractivity contribution in [1.82, 2.24) is 0 Å². The van der Waals surface area contributed by atoms with E-state index in [2.05, 4.69) is 85.2 Å². The van der Waals surface area contributed by atoms with Gasteiger partial charge in [0, 0.05) is 0 Å². The van der Waals surface area contributed by atoms with Crippen molar-refractivity contribution in [3.05, 3.63) is 53.0 Å². The van der Waals surface area contributed by atoms with Gasteiger partial charge in [-0.2, -0.15) is 0 Å². The van der Waals surface area contributed by atoms with Crippen molar-refractivity contribution in [1.29, 1.82) is 0 Å². The predicted molar refractivity (Wildman–Crippen MR) is 124 cm³/mol. The average Bonchev–Trinajstić information content (AvgIpc) is 2.68. The van der Waals surface area contributed by atoms with Gasteiger partial charge >= 0.3 is 175 Å². The van der Waals surface area contributed by atoms with Crippen LogP contribution in [0.15, 0.2) is 53.0 Å². The molecule has 0 amide bonds. The van der Waals surface area contributed by atoms with Crippen LogP contribution in [-0.2, 0) is 0 Å². The van der Waals surface area contributed by atoms with E-state index in [9.17, 15) is 0 Å². The molecule has 0 nitrogen and oxygen atoms in total. The minimum absolute atomic E-state index is 1.23. The third-order valence-electron chi connectivity index (χ3n) is 5.69. The molecule has 0 N–H and O–H groups in total. The second-order valence-electron chi connectivity index (χ2n) is 7.62. The first-order valence-corrected chi connectivity index (χ1v) is 18.8. The Labute approximate surface area is 173 Å². The van der Waals surface area contributed by atoms with Gasteiger partial charge < -0.3 is 0 Å². The topological polar surface area (TPSA) is 0 Å². The molecule has 0 unspecified atom stereocenters. The molecule has 0 radical (unpaired) electrons. The molecule has 2 aromatic carbocycles. The van der Waals surface area contributed by atoms with Crippen LogP contribution in [0.4, 0.5) is 0 Å². The molecule has 2 heteroatoms. The molecule has 0 spiro atoms. The van der Waals surface area contributed by atoms with E-state index in [-0.39, 0.29) is 0 Å². The summed E-state index contributed by atoms with van der Waals surface area (Å²) < 4.78 is 7.57. The first kappa shape index (κ1) is 22.0. The van der Waals surface area contributed by atoms with Crippen LogP contribution >= 0.6 is 15.9 Å². The van der Waals surface area contributed by atoms with E-state index in [1.165, 1.54) is 67.4 Å². The summed E-state index contributed by atoms with van der Waals surface area (Å²) in [5.41, 5.74) is 2.90. The summed E-state index contributed by atoms with van der Waals surface area (Å²) in [6, 6.07) is 18.2. The number of halogens is 1. The predicted octanol–water partition coefficient (Wildman–Crippen LogP) is 8.17. The maximum atomic E-state index is 3.82. The molecule has 0 fully saturated rings. The van der Waals surface area contributed by atoms with Crippen LogP contribution in [-0.4, -0.2) is 18.4 Å². The fourth-order valence-electron chi connectivity index (χ4n) is 4.18. The van der Waals surface area contributed by atoms with Crippen LogP contribution in [0.1, 0.15) is 59.3 Å². The van der Waals surface area contributed by atoms with E-state index < -0.39 is 18.4 Å². The summed E-state index contributed by atoms with van der Waals surface area (Å²) in [7, 11) is 0.